The van der Waals surface area contributed by atoms with E-state index in [1.54, 1.807) is 0 Å². The molecule has 2 unspecified atom stereocenters. The van der Waals surface area contributed by atoms with Crippen molar-refractivity contribution in [3.8, 4) is 0 Å². The number of hydrogen-bond acceptors (Lipinski definition) is 5. The van der Waals surface area contributed by atoms with E-state index in [2.05, 4.69) is 72.2 Å². The van der Waals surface area contributed by atoms with Crippen molar-refractivity contribution in [2.24, 2.45) is 85.2 Å². The summed E-state index contributed by atoms with van der Waals surface area (Å²) in [6, 6.07) is 0.0223. The molecule has 0 aromatic rings. The number of carbonyl (C=O) groups excluding carboxylic acids is 3. The fraction of sp³-hybridized carbons (Fsp3) is 0.880. The average Bonchev–Trinajstić information content (AvgIpc) is 3.55. The summed E-state index contributed by atoms with van der Waals surface area (Å²) in [5.41, 5.74) is 0.152. The Kier molecular flexibility index (Phi) is 10.1. The number of esters is 1. The largest absolute Gasteiger partial charge is 0.481 e. The Bertz CT molecular complexity index is 1730. The van der Waals surface area contributed by atoms with Crippen molar-refractivity contribution in [3.05, 3.63) is 12.2 Å². The standard InChI is InChI=1S/C50H78N2O6/c1-29(2)30-17-22-50(43(57)51-37-28-32(45(37,5)6)40(53)52-25-13-12-14-26-52)24-23-48(10)31(39(30)50)15-16-36-47(9)20-19-38(46(7,8)35(47)18-21-49(36,48)11)58-42(56)34-27-33(41(54)55)44(34,3)4/h30-39H,1,12-28H2,2-11H3,(H,51,57)(H,54,55)/t30-,31+,32+,33?,34?,35-,36+,37+,38-,39+,47-,48+,49+,50-/m0/s1. The Balaban J connectivity index is 1.00. The fourth-order valence-corrected chi connectivity index (χ4v) is 16.9. The smallest absolute Gasteiger partial charge is 0.309 e. The first-order chi connectivity index (χ1) is 27.0. The van der Waals surface area contributed by atoms with Gasteiger partial charge < -0.3 is 20.1 Å². The lowest BCUT2D eigenvalue weighted by atomic mass is 9.32. The van der Waals surface area contributed by atoms with E-state index < -0.39 is 17.3 Å². The van der Waals surface area contributed by atoms with Crippen molar-refractivity contribution in [1.82, 2.24) is 10.2 Å². The number of hydrogen-bond donors (Lipinski definition) is 2. The van der Waals surface area contributed by atoms with Crippen molar-refractivity contribution < 1.29 is 29.0 Å². The van der Waals surface area contributed by atoms with Gasteiger partial charge in [-0.2, -0.15) is 0 Å². The molecule has 1 heterocycles. The molecule has 0 radical (unpaired) electrons. The SMILES string of the molecule is C=C(C)[C@@H]1CC[C@]2(C(=O)N[C@@H]3C[C@H](C(=O)N4CCCCC4)C3(C)C)CC[C@]3(C)[C@H](CC[C@@H]4[C@@]5(C)CC[C@H](OC(=O)C6CC(C(=O)O)C6(C)C)C(C)(C)[C@@H]5CC[C@]43C)[C@@H]12. The van der Waals surface area contributed by atoms with Crippen molar-refractivity contribution in [1.29, 1.82) is 0 Å². The first kappa shape index (κ1) is 42.3. The predicted molar refractivity (Wildman–Crippen MR) is 226 cm³/mol. The molecule has 8 rings (SSSR count). The van der Waals surface area contributed by atoms with Crippen LogP contribution >= 0.6 is 0 Å². The molecule has 7 saturated carbocycles. The highest BCUT2D eigenvalue weighted by molar-refractivity contribution is 5.86. The van der Waals surface area contributed by atoms with Crippen molar-refractivity contribution in [3.63, 3.8) is 0 Å². The van der Waals surface area contributed by atoms with Gasteiger partial charge in [0.05, 0.1) is 17.3 Å². The topological polar surface area (TPSA) is 113 Å². The summed E-state index contributed by atoms with van der Waals surface area (Å²) < 4.78 is 6.45. The number of allylic oxidation sites excluding steroid dienone is 1. The number of carboxylic acids is 1. The molecule has 8 heteroatoms. The quantitative estimate of drug-likeness (QED) is 0.196. The first-order valence-corrected chi connectivity index (χ1v) is 23.7. The van der Waals surface area contributed by atoms with Gasteiger partial charge in [0, 0.05) is 30.5 Å². The van der Waals surface area contributed by atoms with Crippen LogP contribution in [0.3, 0.4) is 0 Å². The normalized spacial score (nSPS) is 47.0. The zero-order chi connectivity index (χ0) is 42.2. The molecular formula is C50H78N2O6. The van der Waals surface area contributed by atoms with Gasteiger partial charge in [0.1, 0.15) is 6.10 Å². The first-order valence-electron chi connectivity index (χ1n) is 23.7. The van der Waals surface area contributed by atoms with Crippen LogP contribution in [0.15, 0.2) is 12.2 Å². The lowest BCUT2D eigenvalue weighted by molar-refractivity contribution is -0.251. The number of carboxylic acid groups (broad SMARTS) is 1. The molecule has 8 aliphatic rings. The molecule has 324 valence electrons. The molecule has 0 aromatic carbocycles. The monoisotopic (exact) mass is 803 g/mol. The Morgan fingerprint density at radius 3 is 2.00 bits per heavy atom. The second-order valence-corrected chi connectivity index (χ2v) is 24.1. The van der Waals surface area contributed by atoms with Crippen molar-refractivity contribution in [2.75, 3.05) is 13.1 Å². The maximum absolute atomic E-state index is 15.0. The molecule has 8 fully saturated rings. The number of nitrogens with zero attached hydrogens (tertiary/aromatic N) is 1. The van der Waals surface area contributed by atoms with Gasteiger partial charge in [-0.15, -0.1) is 0 Å². The van der Waals surface area contributed by atoms with Gasteiger partial charge in [-0.1, -0.05) is 74.5 Å². The van der Waals surface area contributed by atoms with Crippen LogP contribution < -0.4 is 5.32 Å². The third-order valence-electron chi connectivity index (χ3n) is 21.1. The molecule has 0 bridgehead atoms. The Morgan fingerprint density at radius 1 is 0.690 bits per heavy atom. The van der Waals surface area contributed by atoms with Crippen LogP contribution in [0, 0.1) is 85.2 Å². The second-order valence-electron chi connectivity index (χ2n) is 24.1. The third-order valence-corrected chi connectivity index (χ3v) is 21.1. The van der Waals surface area contributed by atoms with Gasteiger partial charge in [0.25, 0.3) is 0 Å². The summed E-state index contributed by atoms with van der Waals surface area (Å²) in [6.07, 6.45) is 14.8. The molecular weight excluding hydrogens is 725 g/mol. The van der Waals surface area contributed by atoms with Crippen LogP contribution in [-0.2, 0) is 23.9 Å². The molecule has 1 aliphatic heterocycles. The van der Waals surface area contributed by atoms with Crippen LogP contribution in [-0.4, -0.2) is 59.0 Å². The number of amides is 2. The molecule has 8 nitrogen and oxygen atoms in total. The van der Waals surface area contributed by atoms with Gasteiger partial charge in [-0.25, -0.2) is 0 Å². The number of piperidine rings is 1. The highest BCUT2D eigenvalue weighted by Crippen LogP contribution is 2.78. The Morgan fingerprint density at radius 2 is 1.38 bits per heavy atom. The Labute approximate surface area is 350 Å². The van der Waals surface area contributed by atoms with Gasteiger partial charge in [-0.3, -0.25) is 19.2 Å². The summed E-state index contributed by atoms with van der Waals surface area (Å²) in [4.78, 5) is 56.2. The maximum Gasteiger partial charge on any atom is 0.309 e. The lowest BCUT2D eigenvalue weighted by Gasteiger charge is -2.73. The predicted octanol–water partition coefficient (Wildman–Crippen LogP) is 9.85. The van der Waals surface area contributed by atoms with Crippen LogP contribution in [0.4, 0.5) is 0 Å². The minimum absolute atomic E-state index is 0.0223. The lowest BCUT2D eigenvalue weighted by Crippen LogP contribution is -2.68. The molecule has 0 spiro atoms. The molecule has 14 atom stereocenters. The van der Waals surface area contributed by atoms with Gasteiger partial charge in [-0.05, 0) is 160 Å². The van der Waals surface area contributed by atoms with E-state index in [1.165, 1.54) is 18.4 Å². The summed E-state index contributed by atoms with van der Waals surface area (Å²) in [6.45, 7) is 29.3. The van der Waals surface area contributed by atoms with E-state index in [9.17, 15) is 19.5 Å². The number of carbonyl (C=O) groups is 4. The number of nitrogens with one attached hydrogen (secondary N) is 1. The van der Waals surface area contributed by atoms with Gasteiger partial charge >= 0.3 is 11.9 Å². The molecule has 7 aliphatic carbocycles. The van der Waals surface area contributed by atoms with Crippen LogP contribution in [0.25, 0.3) is 0 Å². The van der Waals surface area contributed by atoms with Crippen molar-refractivity contribution in [2.45, 2.75) is 178 Å². The van der Waals surface area contributed by atoms with E-state index in [4.69, 9.17) is 4.74 Å². The summed E-state index contributed by atoms with van der Waals surface area (Å²) >= 11 is 0. The fourth-order valence-electron chi connectivity index (χ4n) is 16.9. The summed E-state index contributed by atoms with van der Waals surface area (Å²) in [5.74, 6) is 0.684. The number of ether oxygens (including phenoxy) is 1. The van der Waals surface area contributed by atoms with Gasteiger partial charge in [0.2, 0.25) is 11.8 Å². The highest BCUT2D eigenvalue weighted by Gasteiger charge is 2.72. The van der Waals surface area contributed by atoms with E-state index in [-0.39, 0.29) is 74.3 Å². The van der Waals surface area contributed by atoms with Crippen LogP contribution in [0.1, 0.15) is 166 Å². The minimum atomic E-state index is -0.820. The summed E-state index contributed by atoms with van der Waals surface area (Å²) in [5, 5.41) is 13.3. The average molecular weight is 803 g/mol. The molecule has 1 saturated heterocycles. The van der Waals surface area contributed by atoms with Crippen LogP contribution in [0.5, 0.6) is 0 Å². The van der Waals surface area contributed by atoms with Crippen LogP contribution in [0.2, 0.25) is 0 Å². The number of likely N-dealkylation sites (tertiary alicyclic amines) is 1. The molecule has 2 amide bonds. The maximum atomic E-state index is 15.0. The van der Waals surface area contributed by atoms with Gasteiger partial charge in [0.15, 0.2) is 0 Å². The van der Waals surface area contributed by atoms with E-state index in [0.717, 1.165) is 90.1 Å². The van der Waals surface area contributed by atoms with E-state index >= 15 is 4.79 Å². The summed E-state index contributed by atoms with van der Waals surface area (Å²) in [7, 11) is 0. The molecule has 0 aromatic heterocycles. The number of rotatable bonds is 7. The molecule has 58 heavy (non-hydrogen) atoms. The Hall–Kier alpha value is -2.38. The highest BCUT2D eigenvalue weighted by atomic mass is 16.5. The molecule has 2 N–H and O–H groups in total. The van der Waals surface area contributed by atoms with Crippen molar-refractivity contribution >= 4 is 23.8 Å². The zero-order valence-electron chi connectivity index (χ0n) is 37.9. The number of aliphatic carboxylic acids is 1. The van der Waals surface area contributed by atoms with E-state index in [1.807, 2.05) is 13.8 Å². The van der Waals surface area contributed by atoms with E-state index in [0.29, 0.717) is 36.0 Å². The zero-order valence-corrected chi connectivity index (χ0v) is 37.9. The minimum Gasteiger partial charge on any atom is -0.481 e. The number of fused-ring (bicyclic) bond motifs is 7. The third kappa shape index (κ3) is 5.75. The second kappa shape index (κ2) is 13.8.